The third-order valence-corrected chi connectivity index (χ3v) is 5.32. The van der Waals surface area contributed by atoms with Crippen LogP contribution < -0.4 is 10.0 Å². The normalized spacial score (nSPS) is 21.3. The average Bonchev–Trinajstić information content (AvgIpc) is 3.02. The van der Waals surface area contributed by atoms with Gasteiger partial charge in [-0.1, -0.05) is 6.07 Å². The molecule has 1 aromatic carbocycles. The Morgan fingerprint density at radius 1 is 1.39 bits per heavy atom. The lowest BCUT2D eigenvalue weighted by atomic mass is 9.99. The molecule has 23 heavy (non-hydrogen) atoms. The van der Waals surface area contributed by atoms with E-state index in [2.05, 4.69) is 14.8 Å². The summed E-state index contributed by atoms with van der Waals surface area (Å²) in [6, 6.07) is 5.77. The second-order valence-electron chi connectivity index (χ2n) is 5.59. The van der Waals surface area contributed by atoms with Crippen LogP contribution in [-0.2, 0) is 19.5 Å². The summed E-state index contributed by atoms with van der Waals surface area (Å²) >= 11 is 0. The molecule has 1 saturated heterocycles. The van der Waals surface area contributed by atoms with E-state index in [1.165, 1.54) is 31.4 Å². The van der Waals surface area contributed by atoms with E-state index in [0.29, 0.717) is 6.61 Å². The minimum Gasteiger partial charge on any atom is -0.465 e. The molecule has 1 aromatic rings. The van der Waals surface area contributed by atoms with Crippen molar-refractivity contribution in [2.45, 2.75) is 23.3 Å². The summed E-state index contributed by atoms with van der Waals surface area (Å²) in [6.07, 6.45) is 1.81. The van der Waals surface area contributed by atoms with Crippen molar-refractivity contribution in [3.8, 4) is 0 Å². The van der Waals surface area contributed by atoms with Crippen LogP contribution in [0.25, 0.3) is 0 Å². The van der Waals surface area contributed by atoms with Gasteiger partial charge in [-0.25, -0.2) is 17.9 Å². The summed E-state index contributed by atoms with van der Waals surface area (Å²) in [6.45, 7) is 1.49. The van der Waals surface area contributed by atoms with Crippen LogP contribution in [0.4, 0.5) is 0 Å². The Labute approximate surface area is 136 Å². The number of carbonyl (C=O) groups is 1. The van der Waals surface area contributed by atoms with Crippen LogP contribution in [0, 0.1) is 0 Å². The van der Waals surface area contributed by atoms with Gasteiger partial charge in [-0.3, -0.25) is 0 Å². The molecule has 7 nitrogen and oxygen atoms in total. The molecule has 1 fully saturated rings. The number of rotatable bonds is 7. The number of carbonyl (C=O) groups excluding carboxylic acids is 1. The number of hydrogen-bond acceptors (Lipinski definition) is 6. The van der Waals surface area contributed by atoms with E-state index in [1.54, 1.807) is 7.11 Å². The fraction of sp³-hybridized carbons (Fsp3) is 0.533. The van der Waals surface area contributed by atoms with Gasteiger partial charge in [-0.2, -0.15) is 0 Å². The topological polar surface area (TPSA) is 93.7 Å². The SMILES string of the molecule is COCC1(CNS(=O)(=O)c2cccc(C(=O)OC)c2)CCCN1. The smallest absolute Gasteiger partial charge is 0.337 e. The van der Waals surface area contributed by atoms with Gasteiger partial charge in [0.15, 0.2) is 0 Å². The zero-order valence-corrected chi connectivity index (χ0v) is 14.1. The Balaban J connectivity index is 2.14. The second kappa shape index (κ2) is 7.39. The first-order chi connectivity index (χ1) is 10.9. The molecule has 0 bridgehead atoms. The molecule has 1 aliphatic heterocycles. The maximum absolute atomic E-state index is 12.5. The zero-order valence-electron chi connectivity index (χ0n) is 13.3. The summed E-state index contributed by atoms with van der Waals surface area (Å²) in [7, 11) is -0.876. The Kier molecular flexibility index (Phi) is 5.74. The van der Waals surface area contributed by atoms with Crippen LogP contribution in [0.3, 0.4) is 0 Å². The average molecular weight is 342 g/mol. The second-order valence-corrected chi connectivity index (χ2v) is 7.35. The Morgan fingerprint density at radius 3 is 2.78 bits per heavy atom. The predicted molar refractivity (Wildman–Crippen MR) is 84.8 cm³/mol. The molecule has 2 N–H and O–H groups in total. The van der Waals surface area contributed by atoms with Gasteiger partial charge >= 0.3 is 5.97 Å². The predicted octanol–water partition coefficient (Wildman–Crippen LogP) is 0.520. The van der Waals surface area contributed by atoms with Crippen LogP contribution in [0.5, 0.6) is 0 Å². The van der Waals surface area contributed by atoms with Crippen LogP contribution in [-0.4, -0.2) is 53.8 Å². The van der Waals surface area contributed by atoms with Gasteiger partial charge < -0.3 is 14.8 Å². The van der Waals surface area contributed by atoms with E-state index in [4.69, 9.17) is 4.74 Å². The van der Waals surface area contributed by atoms with E-state index >= 15 is 0 Å². The molecule has 0 aromatic heterocycles. The molecule has 0 amide bonds. The van der Waals surface area contributed by atoms with Gasteiger partial charge in [-0.15, -0.1) is 0 Å². The molecule has 128 valence electrons. The first-order valence-electron chi connectivity index (χ1n) is 7.34. The molecular weight excluding hydrogens is 320 g/mol. The van der Waals surface area contributed by atoms with Gasteiger partial charge in [0.2, 0.25) is 10.0 Å². The maximum atomic E-state index is 12.5. The molecule has 0 radical (unpaired) electrons. The summed E-state index contributed by atoms with van der Waals surface area (Å²) in [4.78, 5) is 11.6. The van der Waals surface area contributed by atoms with Crippen LogP contribution >= 0.6 is 0 Å². The lowest BCUT2D eigenvalue weighted by Gasteiger charge is -2.28. The molecule has 0 spiro atoms. The highest BCUT2D eigenvalue weighted by atomic mass is 32.2. The van der Waals surface area contributed by atoms with Gasteiger partial charge in [0.25, 0.3) is 0 Å². The van der Waals surface area contributed by atoms with E-state index < -0.39 is 16.0 Å². The van der Waals surface area contributed by atoms with Crippen LogP contribution in [0.2, 0.25) is 0 Å². The summed E-state index contributed by atoms with van der Waals surface area (Å²) in [5, 5.41) is 3.31. The lowest BCUT2D eigenvalue weighted by molar-refractivity contribution is 0.0600. The number of methoxy groups -OCH3 is 2. The van der Waals surface area contributed by atoms with Crippen molar-refractivity contribution in [2.75, 3.05) is 33.9 Å². The minimum atomic E-state index is -3.72. The minimum absolute atomic E-state index is 0.0333. The van der Waals surface area contributed by atoms with E-state index in [-0.39, 0.29) is 22.5 Å². The first-order valence-corrected chi connectivity index (χ1v) is 8.83. The quantitative estimate of drug-likeness (QED) is 0.702. The molecule has 0 aliphatic carbocycles. The number of esters is 1. The molecular formula is C15H22N2O5S. The van der Waals surface area contributed by atoms with E-state index in [0.717, 1.165) is 19.4 Å². The van der Waals surface area contributed by atoms with Crippen LogP contribution in [0.15, 0.2) is 29.2 Å². The molecule has 0 saturated carbocycles. The molecule has 2 rings (SSSR count). The fourth-order valence-corrected chi connectivity index (χ4v) is 3.87. The molecule has 1 aliphatic rings. The van der Waals surface area contributed by atoms with Gasteiger partial charge in [0.1, 0.15) is 0 Å². The van der Waals surface area contributed by atoms with Crippen molar-refractivity contribution >= 4 is 16.0 Å². The van der Waals surface area contributed by atoms with E-state index in [9.17, 15) is 13.2 Å². The molecule has 1 unspecified atom stereocenters. The monoisotopic (exact) mass is 342 g/mol. The first kappa shape index (κ1) is 17.9. The summed E-state index contributed by atoms with van der Waals surface area (Å²) in [5.41, 5.74) is -0.192. The number of sulfonamides is 1. The Morgan fingerprint density at radius 2 is 2.17 bits per heavy atom. The van der Waals surface area contributed by atoms with Gasteiger partial charge in [0, 0.05) is 13.7 Å². The maximum Gasteiger partial charge on any atom is 0.337 e. The van der Waals surface area contributed by atoms with Crippen molar-refractivity contribution in [1.82, 2.24) is 10.0 Å². The molecule has 8 heteroatoms. The van der Waals surface area contributed by atoms with Crippen molar-refractivity contribution in [3.05, 3.63) is 29.8 Å². The van der Waals surface area contributed by atoms with Crippen molar-refractivity contribution in [3.63, 3.8) is 0 Å². The van der Waals surface area contributed by atoms with Crippen molar-refractivity contribution in [1.29, 1.82) is 0 Å². The fourth-order valence-electron chi connectivity index (χ4n) is 2.69. The lowest BCUT2D eigenvalue weighted by Crippen LogP contribution is -2.52. The molecule has 1 atom stereocenters. The Hall–Kier alpha value is -1.48. The highest BCUT2D eigenvalue weighted by Crippen LogP contribution is 2.20. The van der Waals surface area contributed by atoms with Crippen LogP contribution in [0.1, 0.15) is 23.2 Å². The number of hydrogen-bond donors (Lipinski definition) is 2. The highest BCUT2D eigenvalue weighted by Gasteiger charge is 2.34. The standard InChI is InChI=1S/C15H22N2O5S/c1-21-11-15(7-4-8-16-15)10-17-23(19,20)13-6-3-5-12(9-13)14(18)22-2/h3,5-6,9,16-17H,4,7-8,10-11H2,1-2H3. The van der Waals surface area contributed by atoms with Crippen molar-refractivity contribution < 1.29 is 22.7 Å². The number of nitrogens with one attached hydrogen (secondary N) is 2. The zero-order chi connectivity index (χ0) is 16.9. The third-order valence-electron chi connectivity index (χ3n) is 3.92. The molecule has 1 heterocycles. The largest absolute Gasteiger partial charge is 0.465 e. The van der Waals surface area contributed by atoms with E-state index in [1.807, 2.05) is 0 Å². The van der Waals surface area contributed by atoms with Crippen molar-refractivity contribution in [2.24, 2.45) is 0 Å². The number of benzene rings is 1. The Bertz CT molecular complexity index is 654. The van der Waals surface area contributed by atoms with Gasteiger partial charge in [0.05, 0.1) is 29.7 Å². The van der Waals surface area contributed by atoms with Gasteiger partial charge in [-0.05, 0) is 37.6 Å². The summed E-state index contributed by atoms with van der Waals surface area (Å²) < 4.78 is 37.4. The summed E-state index contributed by atoms with van der Waals surface area (Å²) in [5.74, 6) is -0.574. The third kappa shape index (κ3) is 4.29. The number of ether oxygens (including phenoxy) is 2. The highest BCUT2D eigenvalue weighted by molar-refractivity contribution is 7.89.